The van der Waals surface area contributed by atoms with Gasteiger partial charge >= 0.3 is 7.60 Å². The number of imidazole rings is 1. The lowest BCUT2D eigenvalue weighted by Crippen LogP contribution is -2.26. The molecule has 0 saturated carbocycles. The summed E-state index contributed by atoms with van der Waals surface area (Å²) >= 11 is 0. The van der Waals surface area contributed by atoms with Gasteiger partial charge in [0.15, 0.2) is 23.8 Å². The second-order valence-corrected chi connectivity index (χ2v) is 6.41. The molecule has 0 amide bonds. The van der Waals surface area contributed by atoms with Crippen LogP contribution in [0.25, 0.3) is 11.2 Å². The van der Waals surface area contributed by atoms with Gasteiger partial charge in [-0.25, -0.2) is 9.97 Å². The summed E-state index contributed by atoms with van der Waals surface area (Å²) in [4.78, 5) is 28.3. The number of hydrogen-bond donors (Lipinski definition) is 5. The van der Waals surface area contributed by atoms with Crippen molar-refractivity contribution >= 4 is 18.8 Å². The van der Waals surface area contributed by atoms with Gasteiger partial charge in [0, 0.05) is 6.42 Å². The standard InChI is InChI=1S/C10H14N5O6P/c11-8-7-9(13-2-12-7)14-3-15(8)6-1-5(16)10(21-6)20-4-22(17,18)19/h2-3,5-6,10-11,16H,1,4H2,(H,12,13)(H2,17,18,19)/t5-,6+,10-/m0/s1. The van der Waals surface area contributed by atoms with E-state index in [0.717, 1.165) is 0 Å². The molecule has 0 radical (unpaired) electrons. The molecule has 11 nitrogen and oxygen atoms in total. The number of rotatable bonds is 4. The molecule has 22 heavy (non-hydrogen) atoms. The van der Waals surface area contributed by atoms with Crippen molar-refractivity contribution in [1.82, 2.24) is 19.5 Å². The van der Waals surface area contributed by atoms with Gasteiger partial charge in [-0.1, -0.05) is 0 Å². The van der Waals surface area contributed by atoms with E-state index in [0.29, 0.717) is 11.2 Å². The molecule has 3 heterocycles. The monoisotopic (exact) mass is 331 g/mol. The first-order chi connectivity index (χ1) is 10.3. The van der Waals surface area contributed by atoms with Crippen LogP contribution >= 0.6 is 7.60 Å². The van der Waals surface area contributed by atoms with Crippen molar-refractivity contribution in [2.24, 2.45) is 0 Å². The van der Waals surface area contributed by atoms with Crippen LogP contribution in [0, 0.1) is 5.41 Å². The quantitative estimate of drug-likeness (QED) is 0.444. The normalized spacial score (nSPS) is 25.9. The minimum absolute atomic E-state index is 0.0651. The highest BCUT2D eigenvalue weighted by atomic mass is 31.2. The van der Waals surface area contributed by atoms with E-state index in [1.54, 1.807) is 0 Å². The van der Waals surface area contributed by atoms with Crippen LogP contribution < -0.4 is 5.49 Å². The van der Waals surface area contributed by atoms with Crippen LogP contribution in [0.15, 0.2) is 12.7 Å². The molecule has 5 N–H and O–H groups in total. The maximum absolute atomic E-state index is 10.8. The van der Waals surface area contributed by atoms with Crippen molar-refractivity contribution < 1.29 is 28.9 Å². The summed E-state index contributed by atoms with van der Waals surface area (Å²) in [6, 6.07) is 0. The predicted octanol–water partition coefficient (Wildman–Crippen LogP) is -1.00. The van der Waals surface area contributed by atoms with Crippen LogP contribution in [0.2, 0.25) is 0 Å². The van der Waals surface area contributed by atoms with Gasteiger partial charge in [0.1, 0.15) is 24.2 Å². The van der Waals surface area contributed by atoms with Crippen LogP contribution in [0.1, 0.15) is 12.6 Å². The Labute approximate surface area is 123 Å². The Morgan fingerprint density at radius 1 is 1.55 bits per heavy atom. The second-order valence-electron chi connectivity index (χ2n) is 4.82. The number of aromatic nitrogens is 4. The van der Waals surface area contributed by atoms with Crippen LogP contribution in [-0.2, 0) is 14.0 Å². The number of aromatic amines is 1. The first-order valence-electron chi connectivity index (χ1n) is 6.29. The summed E-state index contributed by atoms with van der Waals surface area (Å²) in [5, 5.41) is 17.9. The Balaban J connectivity index is 1.79. The van der Waals surface area contributed by atoms with Gasteiger partial charge in [0.2, 0.25) is 0 Å². The zero-order chi connectivity index (χ0) is 15.9. The molecule has 0 bridgehead atoms. The highest BCUT2D eigenvalue weighted by Gasteiger charge is 2.37. The van der Waals surface area contributed by atoms with Gasteiger partial charge in [0.25, 0.3) is 0 Å². The van der Waals surface area contributed by atoms with Crippen molar-refractivity contribution in [3.63, 3.8) is 0 Å². The van der Waals surface area contributed by atoms with Gasteiger partial charge in [-0.15, -0.1) is 0 Å². The summed E-state index contributed by atoms with van der Waals surface area (Å²) in [7, 11) is -4.35. The maximum atomic E-state index is 10.8. The zero-order valence-electron chi connectivity index (χ0n) is 11.2. The molecule has 1 fully saturated rings. The Bertz CT molecular complexity index is 783. The molecule has 0 aromatic carbocycles. The summed E-state index contributed by atoms with van der Waals surface area (Å²) in [5.41, 5.74) is 0.865. The largest absolute Gasteiger partial charge is 0.388 e. The molecule has 1 aliphatic rings. The van der Waals surface area contributed by atoms with E-state index in [2.05, 4.69) is 15.0 Å². The van der Waals surface area contributed by atoms with Crippen LogP contribution in [0.3, 0.4) is 0 Å². The van der Waals surface area contributed by atoms with Crippen molar-refractivity contribution in [1.29, 1.82) is 5.41 Å². The number of aliphatic hydroxyl groups is 1. The maximum Gasteiger partial charge on any atom is 0.351 e. The van der Waals surface area contributed by atoms with Crippen LogP contribution in [-0.4, -0.2) is 53.2 Å². The van der Waals surface area contributed by atoms with Crippen molar-refractivity contribution in [2.45, 2.75) is 25.0 Å². The van der Waals surface area contributed by atoms with E-state index in [9.17, 15) is 9.67 Å². The Hall–Kier alpha value is -1.62. The van der Waals surface area contributed by atoms with Crippen molar-refractivity contribution in [3.8, 4) is 0 Å². The Kier molecular flexibility index (Phi) is 3.85. The molecule has 2 aromatic rings. The third-order valence-electron chi connectivity index (χ3n) is 3.18. The lowest BCUT2D eigenvalue weighted by Gasteiger charge is -2.17. The van der Waals surface area contributed by atoms with E-state index in [1.807, 2.05) is 0 Å². The van der Waals surface area contributed by atoms with Gasteiger partial charge < -0.3 is 29.4 Å². The highest BCUT2D eigenvalue weighted by Crippen LogP contribution is 2.37. The van der Waals surface area contributed by atoms with E-state index in [-0.39, 0.29) is 11.9 Å². The Morgan fingerprint density at radius 3 is 3.05 bits per heavy atom. The zero-order valence-corrected chi connectivity index (χ0v) is 12.1. The van der Waals surface area contributed by atoms with Gasteiger partial charge in [-0.2, -0.15) is 0 Å². The van der Waals surface area contributed by atoms with Crippen LogP contribution in [0.5, 0.6) is 0 Å². The third-order valence-corrected chi connectivity index (χ3v) is 3.67. The summed E-state index contributed by atoms with van der Waals surface area (Å²) < 4.78 is 22.5. The summed E-state index contributed by atoms with van der Waals surface area (Å²) in [5.74, 6) is 0. The molecule has 1 aliphatic heterocycles. The highest BCUT2D eigenvalue weighted by molar-refractivity contribution is 7.51. The lowest BCUT2D eigenvalue weighted by atomic mass is 10.2. The fraction of sp³-hybridized carbons (Fsp3) is 0.500. The predicted molar refractivity (Wildman–Crippen MR) is 70.3 cm³/mol. The number of fused-ring (bicyclic) bond motifs is 1. The molecule has 1 saturated heterocycles. The molecule has 0 spiro atoms. The smallest absolute Gasteiger partial charge is 0.351 e. The molecule has 3 rings (SSSR count). The minimum Gasteiger partial charge on any atom is -0.388 e. The van der Waals surface area contributed by atoms with E-state index in [4.69, 9.17) is 24.7 Å². The van der Waals surface area contributed by atoms with Gasteiger partial charge in [0.05, 0.1) is 6.33 Å². The number of H-pyrrole nitrogens is 1. The fourth-order valence-electron chi connectivity index (χ4n) is 2.20. The number of ether oxygens (including phenoxy) is 2. The molecule has 0 unspecified atom stereocenters. The molecular formula is C10H14N5O6P. The van der Waals surface area contributed by atoms with E-state index < -0.39 is 32.6 Å². The Morgan fingerprint density at radius 2 is 2.32 bits per heavy atom. The van der Waals surface area contributed by atoms with E-state index >= 15 is 0 Å². The minimum atomic E-state index is -4.35. The SMILES string of the molecule is N=c1c2[nH]cnc2ncn1[C@H]1C[C@H](O)[C@@H](OCP(=O)(O)O)O1. The molecule has 3 atom stereocenters. The number of hydrogen-bond acceptors (Lipinski definition) is 7. The average molecular weight is 331 g/mol. The first kappa shape index (κ1) is 15.3. The van der Waals surface area contributed by atoms with Gasteiger partial charge in [-0.3, -0.25) is 14.5 Å². The van der Waals surface area contributed by atoms with Gasteiger partial charge in [-0.05, 0) is 0 Å². The first-order valence-corrected chi connectivity index (χ1v) is 8.09. The van der Waals surface area contributed by atoms with Crippen LogP contribution in [0.4, 0.5) is 0 Å². The molecule has 12 heteroatoms. The second kappa shape index (κ2) is 5.54. The number of aliphatic hydroxyl groups excluding tert-OH is 1. The van der Waals surface area contributed by atoms with E-state index in [1.165, 1.54) is 17.2 Å². The van der Waals surface area contributed by atoms with Crippen molar-refractivity contribution in [2.75, 3.05) is 6.35 Å². The average Bonchev–Trinajstić information content (AvgIpc) is 3.03. The molecule has 0 aliphatic carbocycles. The topological polar surface area (TPSA) is 167 Å². The molecular weight excluding hydrogens is 317 g/mol. The molecule has 120 valence electrons. The van der Waals surface area contributed by atoms with Crippen molar-refractivity contribution in [3.05, 3.63) is 18.1 Å². The summed E-state index contributed by atoms with van der Waals surface area (Å²) in [6.45, 7) is 0. The fourth-order valence-corrected chi connectivity index (χ4v) is 2.54. The molecule has 2 aromatic heterocycles. The summed E-state index contributed by atoms with van der Waals surface area (Å²) in [6.07, 6.45) is -0.959. The third kappa shape index (κ3) is 2.95. The number of nitrogens with zero attached hydrogens (tertiary/aromatic N) is 3. The lowest BCUT2D eigenvalue weighted by molar-refractivity contribution is -0.168. The number of nitrogens with one attached hydrogen (secondary N) is 2.